The minimum Gasteiger partial charge on any atom is -0.396 e. The fraction of sp³-hybridized carbons (Fsp3) is 0.474. The van der Waals surface area contributed by atoms with Crippen LogP contribution in [0.2, 0.25) is 0 Å². The molecule has 0 aromatic carbocycles. The number of aliphatic hydroxyl groups excluding tert-OH is 1. The van der Waals surface area contributed by atoms with Crippen molar-refractivity contribution in [2.45, 2.75) is 47.1 Å². The first-order valence-corrected chi connectivity index (χ1v) is 8.27. The molecule has 5 heteroatoms. The summed E-state index contributed by atoms with van der Waals surface area (Å²) in [4.78, 5) is 17.1. The van der Waals surface area contributed by atoms with Gasteiger partial charge in [-0.3, -0.25) is 4.79 Å². The Labute approximate surface area is 143 Å². The molecule has 0 bridgehead atoms. The minimum absolute atomic E-state index is 0.0508. The van der Waals surface area contributed by atoms with Crippen LogP contribution in [0.4, 0.5) is 0 Å². The van der Waals surface area contributed by atoms with Crippen molar-refractivity contribution < 1.29 is 9.90 Å². The largest absolute Gasteiger partial charge is 0.396 e. The van der Waals surface area contributed by atoms with Gasteiger partial charge in [-0.1, -0.05) is 26.8 Å². The zero-order chi connectivity index (χ0) is 17.9. The number of rotatable bonds is 5. The molecule has 130 valence electrons. The van der Waals surface area contributed by atoms with Gasteiger partial charge in [0, 0.05) is 30.2 Å². The molecule has 1 unspecified atom stereocenters. The molecule has 2 heterocycles. The Morgan fingerprint density at radius 2 is 2.04 bits per heavy atom. The van der Waals surface area contributed by atoms with Crippen LogP contribution in [0.5, 0.6) is 0 Å². The van der Waals surface area contributed by atoms with Crippen LogP contribution in [0.3, 0.4) is 0 Å². The van der Waals surface area contributed by atoms with Crippen LogP contribution in [0, 0.1) is 19.3 Å². The van der Waals surface area contributed by atoms with Crippen molar-refractivity contribution in [2.75, 3.05) is 6.61 Å². The molecule has 1 amide bonds. The standard InChI is InChI=1S/C19H27N3O2/c1-13-12-15(14(2)22(13)17-8-6-7-10-20-17)18(24)21-16(9-11-23)19(3,4)5/h6-8,10,12,16,23H,9,11H2,1-5H3,(H,21,24). The third-order valence-electron chi connectivity index (χ3n) is 4.32. The Bertz CT molecular complexity index is 699. The Balaban J connectivity index is 2.31. The van der Waals surface area contributed by atoms with Gasteiger partial charge in [-0.2, -0.15) is 0 Å². The first kappa shape index (κ1) is 18.2. The summed E-state index contributed by atoms with van der Waals surface area (Å²) in [5.74, 6) is 0.688. The van der Waals surface area contributed by atoms with E-state index in [0.717, 1.165) is 17.2 Å². The van der Waals surface area contributed by atoms with Gasteiger partial charge in [-0.05, 0) is 43.9 Å². The molecule has 2 rings (SSSR count). The molecular formula is C19H27N3O2. The summed E-state index contributed by atoms with van der Waals surface area (Å²) in [6.45, 7) is 10.1. The van der Waals surface area contributed by atoms with E-state index in [1.54, 1.807) is 6.20 Å². The first-order chi connectivity index (χ1) is 11.3. The van der Waals surface area contributed by atoms with Gasteiger partial charge in [0.2, 0.25) is 0 Å². The number of aliphatic hydroxyl groups is 1. The van der Waals surface area contributed by atoms with Crippen molar-refractivity contribution in [3.05, 3.63) is 47.4 Å². The second-order valence-electron chi connectivity index (χ2n) is 7.21. The summed E-state index contributed by atoms with van der Waals surface area (Å²) in [5.41, 5.74) is 2.35. The Hall–Kier alpha value is -2.14. The second-order valence-corrected chi connectivity index (χ2v) is 7.21. The summed E-state index contributed by atoms with van der Waals surface area (Å²) in [6.07, 6.45) is 2.28. The van der Waals surface area contributed by atoms with Crippen LogP contribution >= 0.6 is 0 Å². The molecule has 0 fully saturated rings. The molecule has 0 aliphatic carbocycles. The van der Waals surface area contributed by atoms with Gasteiger partial charge in [-0.15, -0.1) is 0 Å². The van der Waals surface area contributed by atoms with Crippen molar-refractivity contribution in [3.63, 3.8) is 0 Å². The molecule has 0 aliphatic heterocycles. The topological polar surface area (TPSA) is 67.2 Å². The second kappa shape index (κ2) is 7.18. The van der Waals surface area contributed by atoms with Gasteiger partial charge in [0.05, 0.1) is 5.56 Å². The van der Waals surface area contributed by atoms with Crippen LogP contribution in [-0.4, -0.2) is 33.2 Å². The molecular weight excluding hydrogens is 302 g/mol. The van der Waals surface area contributed by atoms with E-state index in [1.165, 1.54) is 0 Å². The number of aryl methyl sites for hydroxylation is 1. The third kappa shape index (κ3) is 3.85. The quantitative estimate of drug-likeness (QED) is 0.886. The van der Waals surface area contributed by atoms with Crippen molar-refractivity contribution in [3.8, 4) is 5.82 Å². The molecule has 0 radical (unpaired) electrons. The van der Waals surface area contributed by atoms with Gasteiger partial charge in [0.1, 0.15) is 5.82 Å². The summed E-state index contributed by atoms with van der Waals surface area (Å²) in [5, 5.41) is 12.3. The van der Waals surface area contributed by atoms with Gasteiger partial charge in [0.15, 0.2) is 0 Å². The van der Waals surface area contributed by atoms with Crippen molar-refractivity contribution >= 4 is 5.91 Å². The van der Waals surface area contributed by atoms with Crippen molar-refractivity contribution in [1.29, 1.82) is 0 Å². The average Bonchev–Trinajstić information content (AvgIpc) is 2.81. The van der Waals surface area contributed by atoms with Gasteiger partial charge < -0.3 is 15.0 Å². The maximum atomic E-state index is 12.8. The molecule has 2 aromatic rings. The number of pyridine rings is 1. The molecule has 0 saturated heterocycles. The van der Waals surface area contributed by atoms with Gasteiger partial charge in [-0.25, -0.2) is 4.98 Å². The van der Waals surface area contributed by atoms with Crippen LogP contribution in [-0.2, 0) is 0 Å². The minimum atomic E-state index is -0.120. The highest BCUT2D eigenvalue weighted by Crippen LogP contribution is 2.24. The predicted octanol–water partition coefficient (Wildman–Crippen LogP) is 3.02. The summed E-state index contributed by atoms with van der Waals surface area (Å²) in [6, 6.07) is 7.52. The van der Waals surface area contributed by atoms with Crippen molar-refractivity contribution in [1.82, 2.24) is 14.9 Å². The van der Waals surface area contributed by atoms with E-state index in [9.17, 15) is 9.90 Å². The third-order valence-corrected chi connectivity index (χ3v) is 4.32. The number of amides is 1. The highest BCUT2D eigenvalue weighted by Gasteiger charge is 2.27. The zero-order valence-corrected chi connectivity index (χ0v) is 15.1. The smallest absolute Gasteiger partial charge is 0.253 e. The molecule has 2 N–H and O–H groups in total. The number of hydrogen-bond donors (Lipinski definition) is 2. The van der Waals surface area contributed by atoms with E-state index in [0.29, 0.717) is 12.0 Å². The summed E-state index contributed by atoms with van der Waals surface area (Å²) >= 11 is 0. The molecule has 0 spiro atoms. The molecule has 24 heavy (non-hydrogen) atoms. The van der Waals surface area contributed by atoms with E-state index < -0.39 is 0 Å². The molecule has 1 atom stereocenters. The van der Waals surface area contributed by atoms with Crippen LogP contribution < -0.4 is 5.32 Å². The fourth-order valence-corrected chi connectivity index (χ4v) is 2.92. The number of hydrogen-bond acceptors (Lipinski definition) is 3. The monoisotopic (exact) mass is 329 g/mol. The van der Waals surface area contributed by atoms with Crippen LogP contribution in [0.25, 0.3) is 5.82 Å². The maximum Gasteiger partial charge on any atom is 0.253 e. The maximum absolute atomic E-state index is 12.8. The highest BCUT2D eigenvalue weighted by atomic mass is 16.3. The number of carbonyl (C=O) groups excluding carboxylic acids is 1. The van der Waals surface area contributed by atoms with Crippen molar-refractivity contribution in [2.24, 2.45) is 5.41 Å². The van der Waals surface area contributed by atoms with E-state index in [4.69, 9.17) is 0 Å². The fourth-order valence-electron chi connectivity index (χ4n) is 2.92. The molecule has 2 aromatic heterocycles. The predicted molar refractivity (Wildman–Crippen MR) is 95.5 cm³/mol. The number of nitrogens with zero attached hydrogens (tertiary/aromatic N) is 2. The lowest BCUT2D eigenvalue weighted by molar-refractivity contribution is 0.0884. The van der Waals surface area contributed by atoms with Crippen LogP contribution in [0.15, 0.2) is 30.5 Å². The van der Waals surface area contributed by atoms with Gasteiger partial charge in [0.25, 0.3) is 5.91 Å². The lowest BCUT2D eigenvalue weighted by Gasteiger charge is -2.31. The number of nitrogens with one attached hydrogen (secondary N) is 1. The summed E-state index contributed by atoms with van der Waals surface area (Å²) < 4.78 is 1.98. The average molecular weight is 329 g/mol. The number of carbonyl (C=O) groups is 1. The van der Waals surface area contributed by atoms with E-state index in [-0.39, 0.29) is 24.0 Å². The lowest BCUT2D eigenvalue weighted by Crippen LogP contribution is -2.44. The Kier molecular flexibility index (Phi) is 5.44. The zero-order valence-electron chi connectivity index (χ0n) is 15.1. The number of aromatic nitrogens is 2. The van der Waals surface area contributed by atoms with E-state index in [2.05, 4.69) is 31.1 Å². The van der Waals surface area contributed by atoms with Crippen LogP contribution in [0.1, 0.15) is 48.9 Å². The normalized spacial score (nSPS) is 12.9. The first-order valence-electron chi connectivity index (χ1n) is 8.27. The van der Waals surface area contributed by atoms with E-state index >= 15 is 0 Å². The van der Waals surface area contributed by atoms with Gasteiger partial charge >= 0.3 is 0 Å². The molecule has 0 aliphatic rings. The SMILES string of the molecule is Cc1cc(C(=O)NC(CCO)C(C)(C)C)c(C)n1-c1ccccn1. The summed E-state index contributed by atoms with van der Waals surface area (Å²) in [7, 11) is 0. The lowest BCUT2D eigenvalue weighted by atomic mass is 9.84. The Morgan fingerprint density at radius 3 is 2.58 bits per heavy atom. The molecule has 5 nitrogen and oxygen atoms in total. The Morgan fingerprint density at radius 1 is 1.33 bits per heavy atom. The molecule has 0 saturated carbocycles. The van der Waals surface area contributed by atoms with E-state index in [1.807, 2.05) is 42.7 Å². The highest BCUT2D eigenvalue weighted by molar-refractivity contribution is 5.96.